The van der Waals surface area contributed by atoms with Gasteiger partial charge in [0, 0.05) is 0 Å². The summed E-state index contributed by atoms with van der Waals surface area (Å²) in [5.41, 5.74) is 1.73. The Bertz CT molecular complexity index is 608. The fourth-order valence-electron chi connectivity index (χ4n) is 2.11. The SMILES string of the molecule is CCCOc1nc(NN)nc(NC2(C)CCS(=O)(=O)C2)n1. The van der Waals surface area contributed by atoms with E-state index < -0.39 is 15.4 Å². The van der Waals surface area contributed by atoms with Crippen LogP contribution in [-0.2, 0) is 9.84 Å². The Kier molecular flexibility index (Phi) is 4.47. The maximum Gasteiger partial charge on any atom is 0.323 e. The number of sulfone groups is 1. The molecular weight excluding hydrogens is 296 g/mol. The molecule has 1 fully saturated rings. The number of hydrogen-bond acceptors (Lipinski definition) is 9. The number of nitrogens with one attached hydrogen (secondary N) is 2. The molecule has 1 aliphatic rings. The second-order valence-corrected chi connectivity index (χ2v) is 7.47. The highest BCUT2D eigenvalue weighted by atomic mass is 32.2. The lowest BCUT2D eigenvalue weighted by atomic mass is 10.0. The van der Waals surface area contributed by atoms with Gasteiger partial charge in [-0.2, -0.15) is 15.0 Å². The van der Waals surface area contributed by atoms with Gasteiger partial charge in [0.05, 0.1) is 23.7 Å². The molecule has 0 saturated carbocycles. The van der Waals surface area contributed by atoms with Crippen molar-refractivity contribution in [2.75, 3.05) is 28.9 Å². The fraction of sp³-hybridized carbons (Fsp3) is 0.727. The van der Waals surface area contributed by atoms with Gasteiger partial charge in [-0.25, -0.2) is 14.3 Å². The molecule has 0 bridgehead atoms. The van der Waals surface area contributed by atoms with Crippen molar-refractivity contribution in [1.29, 1.82) is 0 Å². The largest absolute Gasteiger partial charge is 0.463 e. The third-order valence-electron chi connectivity index (χ3n) is 3.10. The molecule has 0 aliphatic carbocycles. The number of hydrazine groups is 1. The van der Waals surface area contributed by atoms with Gasteiger partial charge < -0.3 is 10.1 Å². The third kappa shape index (κ3) is 4.14. The van der Waals surface area contributed by atoms with E-state index in [1.807, 2.05) is 13.8 Å². The standard InChI is InChI=1S/C11H20N6O3S/c1-3-5-20-10-14-8(13-9(15-10)17-12)16-11(2)4-6-21(18,19)7-11/h3-7,12H2,1-2H3,(H2,13,14,15,16,17). The Morgan fingerprint density at radius 2 is 2.05 bits per heavy atom. The molecule has 0 aromatic carbocycles. The number of nitrogen functional groups attached to an aromatic ring is 1. The summed E-state index contributed by atoms with van der Waals surface area (Å²) in [6.45, 7) is 4.26. The molecule has 4 N–H and O–H groups in total. The third-order valence-corrected chi connectivity index (χ3v) is 5.00. The summed E-state index contributed by atoms with van der Waals surface area (Å²) < 4.78 is 28.6. The van der Waals surface area contributed by atoms with Gasteiger partial charge in [0.25, 0.3) is 0 Å². The molecule has 0 amide bonds. The zero-order chi connectivity index (χ0) is 15.5. The average Bonchev–Trinajstić information content (AvgIpc) is 2.69. The normalized spacial score (nSPS) is 23.8. The highest BCUT2D eigenvalue weighted by Gasteiger charge is 2.39. The van der Waals surface area contributed by atoms with Crippen molar-refractivity contribution in [3.8, 4) is 6.01 Å². The molecule has 1 atom stereocenters. The van der Waals surface area contributed by atoms with Gasteiger partial charge in [-0.05, 0) is 19.8 Å². The first-order valence-corrected chi connectivity index (χ1v) is 8.52. The van der Waals surface area contributed by atoms with Crippen molar-refractivity contribution >= 4 is 21.7 Å². The minimum Gasteiger partial charge on any atom is -0.463 e. The summed E-state index contributed by atoms with van der Waals surface area (Å²) in [6.07, 6.45) is 1.31. The summed E-state index contributed by atoms with van der Waals surface area (Å²) in [6, 6.07) is 0.145. The van der Waals surface area contributed by atoms with Crippen LogP contribution < -0.4 is 21.3 Å². The molecule has 2 rings (SSSR count). The molecule has 1 aromatic heterocycles. The first-order chi connectivity index (χ1) is 9.86. The zero-order valence-electron chi connectivity index (χ0n) is 12.1. The molecule has 0 spiro atoms. The summed E-state index contributed by atoms with van der Waals surface area (Å²) >= 11 is 0. The smallest absolute Gasteiger partial charge is 0.323 e. The van der Waals surface area contributed by atoms with Crippen LogP contribution in [0.25, 0.3) is 0 Å². The van der Waals surface area contributed by atoms with Crippen molar-refractivity contribution in [3.63, 3.8) is 0 Å². The zero-order valence-corrected chi connectivity index (χ0v) is 12.9. The summed E-state index contributed by atoms with van der Waals surface area (Å²) in [5, 5.41) is 3.05. The van der Waals surface area contributed by atoms with Crippen molar-refractivity contribution in [3.05, 3.63) is 0 Å². The molecule has 10 heteroatoms. The quantitative estimate of drug-likeness (QED) is 0.487. The minimum atomic E-state index is -3.02. The van der Waals surface area contributed by atoms with E-state index in [4.69, 9.17) is 10.6 Å². The minimum absolute atomic E-state index is 0.0439. The van der Waals surface area contributed by atoms with Crippen molar-refractivity contribution in [2.45, 2.75) is 32.2 Å². The second kappa shape index (κ2) is 5.98. The second-order valence-electron chi connectivity index (χ2n) is 5.29. The number of nitrogens with two attached hydrogens (primary N) is 1. The van der Waals surface area contributed by atoms with Crippen molar-refractivity contribution in [2.24, 2.45) is 5.84 Å². The van der Waals surface area contributed by atoms with Crippen LogP contribution in [0.5, 0.6) is 6.01 Å². The van der Waals surface area contributed by atoms with E-state index in [0.717, 1.165) is 6.42 Å². The molecule has 0 radical (unpaired) electrons. The lowest BCUT2D eigenvalue weighted by Crippen LogP contribution is -2.36. The van der Waals surface area contributed by atoms with Crippen LogP contribution in [0.3, 0.4) is 0 Å². The molecule has 1 unspecified atom stereocenters. The van der Waals surface area contributed by atoms with Crippen LogP contribution in [0.15, 0.2) is 0 Å². The number of nitrogens with zero attached hydrogens (tertiary/aromatic N) is 3. The molecule has 21 heavy (non-hydrogen) atoms. The van der Waals surface area contributed by atoms with E-state index in [1.54, 1.807) is 0 Å². The topological polar surface area (TPSA) is 132 Å². The molecule has 9 nitrogen and oxygen atoms in total. The summed E-state index contributed by atoms with van der Waals surface area (Å²) in [7, 11) is -3.02. The Morgan fingerprint density at radius 3 is 2.62 bits per heavy atom. The molecule has 1 saturated heterocycles. The first-order valence-electron chi connectivity index (χ1n) is 6.70. The van der Waals surface area contributed by atoms with Crippen LogP contribution in [0.4, 0.5) is 11.9 Å². The Balaban J connectivity index is 2.19. The Hall–Kier alpha value is -1.68. The predicted octanol–water partition coefficient (Wildman–Crippen LogP) is -0.0649. The first kappa shape index (κ1) is 15.7. The highest BCUT2D eigenvalue weighted by molar-refractivity contribution is 7.91. The Morgan fingerprint density at radius 1 is 1.33 bits per heavy atom. The molecule has 1 aliphatic heterocycles. The summed E-state index contributed by atoms with van der Waals surface area (Å²) in [5.74, 6) is 5.91. The van der Waals surface area contributed by atoms with Gasteiger partial charge >= 0.3 is 6.01 Å². The maximum absolute atomic E-state index is 11.6. The van der Waals surface area contributed by atoms with Crippen molar-refractivity contribution < 1.29 is 13.2 Å². The van der Waals surface area contributed by atoms with Crippen LogP contribution in [-0.4, -0.2) is 47.0 Å². The lowest BCUT2D eigenvalue weighted by Gasteiger charge is -2.23. The van der Waals surface area contributed by atoms with Crippen LogP contribution >= 0.6 is 0 Å². The van der Waals surface area contributed by atoms with E-state index in [9.17, 15) is 8.42 Å². The van der Waals surface area contributed by atoms with Crippen LogP contribution in [0, 0.1) is 0 Å². The molecule has 2 heterocycles. The van der Waals surface area contributed by atoms with Gasteiger partial charge in [-0.15, -0.1) is 0 Å². The fourth-order valence-corrected chi connectivity index (χ4v) is 4.21. The highest BCUT2D eigenvalue weighted by Crippen LogP contribution is 2.26. The van der Waals surface area contributed by atoms with E-state index in [-0.39, 0.29) is 29.4 Å². The average molecular weight is 316 g/mol. The van der Waals surface area contributed by atoms with Crippen molar-refractivity contribution in [1.82, 2.24) is 15.0 Å². The van der Waals surface area contributed by atoms with E-state index in [0.29, 0.717) is 13.0 Å². The Labute approximate surface area is 123 Å². The van der Waals surface area contributed by atoms with Gasteiger partial charge in [0.15, 0.2) is 9.84 Å². The predicted molar refractivity (Wildman–Crippen MR) is 78.7 cm³/mol. The number of anilines is 2. The van der Waals surface area contributed by atoms with Gasteiger partial charge in [0.1, 0.15) is 0 Å². The summed E-state index contributed by atoms with van der Waals surface area (Å²) in [4.78, 5) is 12.2. The van der Waals surface area contributed by atoms with E-state index in [2.05, 4.69) is 25.7 Å². The van der Waals surface area contributed by atoms with Gasteiger partial charge in [-0.3, -0.25) is 5.43 Å². The number of ether oxygens (including phenoxy) is 1. The van der Waals surface area contributed by atoms with Crippen LogP contribution in [0.1, 0.15) is 26.7 Å². The lowest BCUT2D eigenvalue weighted by molar-refractivity contribution is 0.292. The monoisotopic (exact) mass is 316 g/mol. The van der Waals surface area contributed by atoms with Gasteiger partial charge in [0.2, 0.25) is 11.9 Å². The molecule has 118 valence electrons. The van der Waals surface area contributed by atoms with Crippen LogP contribution in [0.2, 0.25) is 0 Å². The number of hydrogen-bond donors (Lipinski definition) is 3. The molecular formula is C11H20N6O3S. The maximum atomic E-state index is 11.6. The van der Waals surface area contributed by atoms with E-state index in [1.165, 1.54) is 0 Å². The number of aromatic nitrogens is 3. The van der Waals surface area contributed by atoms with Gasteiger partial charge in [-0.1, -0.05) is 6.92 Å². The van der Waals surface area contributed by atoms with E-state index >= 15 is 0 Å². The molecule has 1 aromatic rings. The number of rotatable bonds is 6.